The first-order valence-corrected chi connectivity index (χ1v) is 8.88. The molecule has 0 aliphatic carbocycles. The lowest BCUT2D eigenvalue weighted by atomic mass is 10.2. The Kier molecular flexibility index (Phi) is 6.68. The molecule has 2 heterocycles. The van der Waals surface area contributed by atoms with E-state index in [1.165, 1.54) is 0 Å². The van der Waals surface area contributed by atoms with E-state index in [4.69, 9.17) is 15.3 Å². The molecular weight excluding hydrogens is 443 g/mol. The van der Waals surface area contributed by atoms with Crippen LogP contribution >= 0.6 is 21.8 Å². The topological polar surface area (TPSA) is 137 Å². The van der Waals surface area contributed by atoms with Crippen LogP contribution in [0.4, 0.5) is 22.0 Å². The zero-order valence-corrected chi connectivity index (χ0v) is 14.5. The minimum Gasteiger partial charge on any atom is -0.479 e. The molecule has 0 amide bonds. The molecule has 1 aliphatic rings. The highest BCUT2D eigenvalue weighted by molar-refractivity contribution is 8.75. The summed E-state index contributed by atoms with van der Waals surface area (Å²) in [7, 11) is -0.236. The highest BCUT2D eigenvalue weighted by Gasteiger charge is 2.51. The summed E-state index contributed by atoms with van der Waals surface area (Å²) in [6.07, 6.45) is -10.4. The largest absolute Gasteiger partial charge is 0.479 e. The Hall–Kier alpha value is -2.17. The Morgan fingerprint density at radius 1 is 0.964 bits per heavy atom. The lowest BCUT2D eigenvalue weighted by Gasteiger charge is -2.38. The molecule has 0 saturated carbocycles. The van der Waals surface area contributed by atoms with Crippen molar-refractivity contribution in [1.82, 2.24) is 9.29 Å². The van der Waals surface area contributed by atoms with Crippen LogP contribution in [0.15, 0.2) is 5.03 Å². The number of rotatable bonds is 6. The SMILES string of the molecule is O=C(O)c1c(F)nc(SSN2C(F)C(C(=O)O)OC(C(=O)O)C2F)c(F)c1F. The van der Waals surface area contributed by atoms with Gasteiger partial charge in [0.15, 0.2) is 17.2 Å². The molecule has 1 fully saturated rings. The third kappa shape index (κ3) is 4.13. The number of hydrogen-bond acceptors (Lipinski definition) is 8. The van der Waals surface area contributed by atoms with E-state index in [9.17, 15) is 36.3 Å². The van der Waals surface area contributed by atoms with Gasteiger partial charge in [-0.3, -0.25) is 0 Å². The average Bonchev–Trinajstić information content (AvgIpc) is 2.57. The summed E-state index contributed by atoms with van der Waals surface area (Å²) in [5, 5.41) is 25.1. The number of aromatic nitrogens is 1. The molecule has 9 nitrogen and oxygen atoms in total. The van der Waals surface area contributed by atoms with E-state index in [0.29, 0.717) is 0 Å². The van der Waals surface area contributed by atoms with Crippen molar-refractivity contribution < 1.29 is 56.4 Å². The molecule has 3 N–H and O–H groups in total. The Morgan fingerprint density at radius 2 is 1.46 bits per heavy atom. The van der Waals surface area contributed by atoms with Crippen molar-refractivity contribution in [3.8, 4) is 0 Å². The smallest absolute Gasteiger partial charge is 0.343 e. The first kappa shape index (κ1) is 22.1. The van der Waals surface area contributed by atoms with Gasteiger partial charge in [-0.05, 0) is 10.8 Å². The van der Waals surface area contributed by atoms with Crippen molar-refractivity contribution in [3.63, 3.8) is 0 Å². The maximum Gasteiger partial charge on any atom is 0.343 e. The molecule has 154 valence electrons. The number of pyridine rings is 1. The third-order valence-corrected chi connectivity index (χ3v) is 5.48. The highest BCUT2D eigenvalue weighted by atomic mass is 33.1. The maximum atomic E-state index is 14.2. The van der Waals surface area contributed by atoms with Crippen LogP contribution in [0.1, 0.15) is 10.4 Å². The van der Waals surface area contributed by atoms with Crippen molar-refractivity contribution in [2.45, 2.75) is 29.8 Å². The summed E-state index contributed by atoms with van der Waals surface area (Å²) in [5.74, 6) is -12.1. The molecule has 0 spiro atoms. The number of morpholine rings is 1. The van der Waals surface area contributed by atoms with Gasteiger partial charge in [0.05, 0.1) is 0 Å². The van der Waals surface area contributed by atoms with Crippen LogP contribution in [0.2, 0.25) is 0 Å². The highest BCUT2D eigenvalue weighted by Crippen LogP contribution is 2.42. The van der Waals surface area contributed by atoms with E-state index in [1.807, 2.05) is 0 Å². The molecule has 0 radical (unpaired) electrons. The molecule has 1 aromatic heterocycles. The minimum absolute atomic E-state index is 0.0617. The monoisotopic (exact) mass is 450 g/mol. The van der Waals surface area contributed by atoms with Crippen LogP contribution in [0.3, 0.4) is 0 Å². The van der Waals surface area contributed by atoms with Crippen molar-refractivity contribution in [3.05, 3.63) is 23.1 Å². The summed E-state index contributed by atoms with van der Waals surface area (Å²) < 4.78 is 73.7. The molecule has 1 aromatic rings. The standard InChI is InChI=1S/C12H7F5N2O7S2/c13-2-1(10(20)21)6(15)18-9(3(2)14)27-28-19-7(16)4(11(22)23)26-5(8(19)17)12(24)25/h4-5,7-8H,(H,20,21)(H,22,23)(H,24,25). The van der Waals surface area contributed by atoms with E-state index < -0.39 is 70.9 Å². The van der Waals surface area contributed by atoms with Crippen molar-refractivity contribution in [2.24, 2.45) is 0 Å². The molecule has 2 rings (SSSR count). The Labute approximate surface area is 159 Å². The number of nitrogens with zero attached hydrogens (tertiary/aromatic N) is 2. The van der Waals surface area contributed by atoms with Gasteiger partial charge in [0.25, 0.3) is 0 Å². The molecule has 0 aromatic carbocycles. The summed E-state index contributed by atoms with van der Waals surface area (Å²) in [5.41, 5.74) is -1.69. The van der Waals surface area contributed by atoms with E-state index in [-0.39, 0.29) is 26.1 Å². The van der Waals surface area contributed by atoms with Gasteiger partial charge < -0.3 is 20.1 Å². The fourth-order valence-electron chi connectivity index (χ4n) is 1.93. The summed E-state index contributed by atoms with van der Waals surface area (Å²) in [6, 6.07) is 0. The van der Waals surface area contributed by atoms with E-state index >= 15 is 0 Å². The second-order valence-electron chi connectivity index (χ2n) is 4.93. The average molecular weight is 450 g/mol. The Bertz CT molecular complexity index is 806. The van der Waals surface area contributed by atoms with E-state index in [0.717, 1.165) is 0 Å². The van der Waals surface area contributed by atoms with Gasteiger partial charge in [-0.15, -0.1) is 0 Å². The van der Waals surface area contributed by atoms with Crippen molar-refractivity contribution in [2.75, 3.05) is 0 Å². The van der Waals surface area contributed by atoms with Crippen LogP contribution in [-0.2, 0) is 14.3 Å². The van der Waals surface area contributed by atoms with Crippen LogP contribution in [0.5, 0.6) is 0 Å². The molecule has 28 heavy (non-hydrogen) atoms. The van der Waals surface area contributed by atoms with Gasteiger partial charge in [-0.1, -0.05) is 0 Å². The number of ether oxygens (including phenoxy) is 1. The molecule has 16 heteroatoms. The Morgan fingerprint density at radius 3 is 1.89 bits per heavy atom. The number of hydrogen-bond donors (Lipinski definition) is 3. The number of aliphatic carboxylic acids is 2. The third-order valence-electron chi connectivity index (χ3n) is 3.19. The molecular formula is C12H7F5N2O7S2. The van der Waals surface area contributed by atoms with E-state index in [2.05, 4.69) is 9.72 Å². The van der Waals surface area contributed by atoms with Gasteiger partial charge in [0, 0.05) is 11.0 Å². The number of aromatic carboxylic acids is 1. The molecule has 4 unspecified atom stereocenters. The number of alkyl halides is 2. The molecule has 1 aliphatic heterocycles. The first-order valence-electron chi connectivity index (χ1n) is 6.77. The second-order valence-corrected chi connectivity index (χ2v) is 7.00. The Balaban J connectivity index is 2.30. The van der Waals surface area contributed by atoms with Crippen molar-refractivity contribution in [1.29, 1.82) is 0 Å². The summed E-state index contributed by atoms with van der Waals surface area (Å²) in [6.45, 7) is 0. The van der Waals surface area contributed by atoms with Gasteiger partial charge in [0.1, 0.15) is 5.03 Å². The normalized spacial score (nSPS) is 25.5. The number of carboxylic acids is 3. The van der Waals surface area contributed by atoms with Crippen LogP contribution < -0.4 is 0 Å². The van der Waals surface area contributed by atoms with Crippen LogP contribution in [-0.4, -0.2) is 67.3 Å². The maximum absolute atomic E-state index is 14.2. The molecule has 0 bridgehead atoms. The predicted molar refractivity (Wildman–Crippen MR) is 80.1 cm³/mol. The minimum atomic E-state index is -2.77. The lowest BCUT2D eigenvalue weighted by molar-refractivity contribution is -0.210. The van der Waals surface area contributed by atoms with Gasteiger partial charge in [0.2, 0.25) is 30.7 Å². The first-order chi connectivity index (χ1) is 13.0. The molecule has 1 saturated heterocycles. The van der Waals surface area contributed by atoms with E-state index in [1.54, 1.807) is 0 Å². The fraction of sp³-hybridized carbons (Fsp3) is 0.333. The summed E-state index contributed by atoms with van der Waals surface area (Å²) in [4.78, 5) is 35.4. The van der Waals surface area contributed by atoms with Crippen LogP contribution in [0.25, 0.3) is 0 Å². The van der Waals surface area contributed by atoms with Gasteiger partial charge >= 0.3 is 17.9 Å². The molecule has 4 atom stereocenters. The number of carboxylic acid groups (broad SMARTS) is 3. The zero-order chi connectivity index (χ0) is 21.3. The van der Waals surface area contributed by atoms with Gasteiger partial charge in [-0.25, -0.2) is 36.9 Å². The number of carbonyl (C=O) groups is 3. The van der Waals surface area contributed by atoms with Crippen LogP contribution in [0, 0.1) is 17.6 Å². The second kappa shape index (κ2) is 8.46. The lowest BCUT2D eigenvalue weighted by Crippen LogP contribution is -2.59. The number of halogens is 5. The fourth-order valence-corrected chi connectivity index (χ4v) is 4.05. The quantitative estimate of drug-likeness (QED) is 0.192. The van der Waals surface area contributed by atoms with Gasteiger partial charge in [-0.2, -0.15) is 8.70 Å². The van der Waals surface area contributed by atoms with Crippen molar-refractivity contribution >= 4 is 39.7 Å². The predicted octanol–water partition coefficient (Wildman–Crippen LogP) is 1.68. The zero-order valence-electron chi connectivity index (χ0n) is 12.9. The summed E-state index contributed by atoms with van der Waals surface area (Å²) >= 11 is 0.